The Morgan fingerprint density at radius 1 is 0.944 bits per heavy atom. The lowest BCUT2D eigenvalue weighted by Gasteiger charge is -2.19. The van der Waals surface area contributed by atoms with E-state index in [-0.39, 0.29) is 0 Å². The summed E-state index contributed by atoms with van der Waals surface area (Å²) in [5, 5.41) is 21.7. The third kappa shape index (κ3) is 2.81. The maximum atomic E-state index is 9.12. The summed E-state index contributed by atoms with van der Waals surface area (Å²) in [7, 11) is 0. The van der Waals surface area contributed by atoms with Crippen molar-refractivity contribution in [1.82, 2.24) is 0 Å². The van der Waals surface area contributed by atoms with Crippen molar-refractivity contribution in [2.24, 2.45) is 0 Å². The molecule has 1 aliphatic rings. The Morgan fingerprint density at radius 3 is 2.00 bits per heavy atom. The van der Waals surface area contributed by atoms with Crippen LogP contribution in [0, 0.1) is 22.7 Å². The van der Waals surface area contributed by atoms with E-state index in [2.05, 4.69) is 17.5 Å². The fourth-order valence-corrected chi connectivity index (χ4v) is 2.52. The molecule has 1 saturated carbocycles. The maximum Gasteiger partial charge on any atom is 0.101 e. The molecule has 0 radical (unpaired) electrons. The van der Waals surface area contributed by atoms with Gasteiger partial charge in [-0.2, -0.15) is 10.5 Å². The van der Waals surface area contributed by atoms with Gasteiger partial charge in [-0.15, -0.1) is 0 Å². The van der Waals surface area contributed by atoms with Gasteiger partial charge in [0.05, 0.1) is 16.8 Å². The van der Waals surface area contributed by atoms with Crippen LogP contribution < -0.4 is 5.32 Å². The van der Waals surface area contributed by atoms with Crippen LogP contribution in [0.1, 0.15) is 49.7 Å². The van der Waals surface area contributed by atoms with Crippen molar-refractivity contribution >= 4 is 5.69 Å². The summed E-state index contributed by atoms with van der Waals surface area (Å²) in [6.07, 6.45) is 7.31. The third-order valence-corrected chi connectivity index (χ3v) is 3.51. The van der Waals surface area contributed by atoms with Crippen molar-refractivity contribution in [2.45, 2.75) is 44.6 Å². The van der Waals surface area contributed by atoms with Crippen LogP contribution in [0.4, 0.5) is 5.69 Å². The molecule has 1 aromatic carbocycles. The first-order valence-corrected chi connectivity index (χ1v) is 6.55. The maximum absolute atomic E-state index is 9.12. The minimum Gasteiger partial charge on any atom is -0.380 e. The Bertz CT molecular complexity index is 453. The van der Waals surface area contributed by atoms with Gasteiger partial charge in [0.15, 0.2) is 0 Å². The topological polar surface area (TPSA) is 59.6 Å². The van der Waals surface area contributed by atoms with Gasteiger partial charge in [0, 0.05) is 6.04 Å². The second kappa shape index (κ2) is 6.07. The largest absolute Gasteiger partial charge is 0.380 e. The van der Waals surface area contributed by atoms with Crippen LogP contribution >= 0.6 is 0 Å². The van der Waals surface area contributed by atoms with Gasteiger partial charge in [-0.05, 0) is 25.0 Å². The van der Waals surface area contributed by atoms with Gasteiger partial charge in [0.1, 0.15) is 12.1 Å². The van der Waals surface area contributed by atoms with Gasteiger partial charge in [-0.3, -0.25) is 0 Å². The zero-order chi connectivity index (χ0) is 12.8. The average molecular weight is 239 g/mol. The number of benzene rings is 1. The zero-order valence-corrected chi connectivity index (χ0v) is 10.4. The highest BCUT2D eigenvalue weighted by molar-refractivity contribution is 5.66. The molecular weight excluding hydrogens is 222 g/mol. The highest BCUT2D eigenvalue weighted by Crippen LogP contribution is 2.25. The van der Waals surface area contributed by atoms with Crippen LogP contribution in [0.25, 0.3) is 0 Å². The molecule has 0 atom stereocenters. The molecule has 3 heteroatoms. The molecule has 1 aliphatic carbocycles. The SMILES string of the molecule is N#Cc1cccc(C#N)c1NC1CCCCCC1. The lowest BCUT2D eigenvalue weighted by molar-refractivity contribution is 0.619. The number of nitrogens with one attached hydrogen (secondary N) is 1. The van der Waals surface area contributed by atoms with Crippen molar-refractivity contribution in [3.05, 3.63) is 29.3 Å². The molecule has 1 fully saturated rings. The fourth-order valence-electron chi connectivity index (χ4n) is 2.52. The summed E-state index contributed by atoms with van der Waals surface area (Å²) >= 11 is 0. The van der Waals surface area contributed by atoms with Gasteiger partial charge in [-0.1, -0.05) is 31.7 Å². The Kier molecular flexibility index (Phi) is 4.20. The first kappa shape index (κ1) is 12.5. The molecular formula is C15H17N3. The standard InChI is InChI=1S/C15H17N3/c16-10-12-6-5-7-13(11-17)15(12)18-14-8-3-1-2-4-9-14/h5-7,14,18H,1-4,8-9H2. The van der Waals surface area contributed by atoms with Crippen LogP contribution in [0.3, 0.4) is 0 Å². The summed E-state index contributed by atoms with van der Waals surface area (Å²) < 4.78 is 0. The number of rotatable bonds is 2. The van der Waals surface area contributed by atoms with Crippen molar-refractivity contribution in [3.63, 3.8) is 0 Å². The molecule has 0 bridgehead atoms. The fraction of sp³-hybridized carbons (Fsp3) is 0.467. The first-order valence-electron chi connectivity index (χ1n) is 6.55. The number of nitrogens with zero attached hydrogens (tertiary/aromatic N) is 2. The van der Waals surface area contributed by atoms with Crippen LogP contribution in [-0.2, 0) is 0 Å². The van der Waals surface area contributed by atoms with Crippen molar-refractivity contribution in [3.8, 4) is 12.1 Å². The highest BCUT2D eigenvalue weighted by atomic mass is 14.9. The second-order valence-corrected chi connectivity index (χ2v) is 4.78. The molecule has 1 N–H and O–H groups in total. The van der Waals surface area contributed by atoms with E-state index in [1.54, 1.807) is 18.2 Å². The Balaban J connectivity index is 2.22. The summed E-state index contributed by atoms with van der Waals surface area (Å²) in [5.74, 6) is 0. The van der Waals surface area contributed by atoms with Gasteiger partial charge < -0.3 is 5.32 Å². The van der Waals surface area contributed by atoms with E-state index >= 15 is 0 Å². The van der Waals surface area contributed by atoms with E-state index in [4.69, 9.17) is 10.5 Å². The number of hydrogen-bond acceptors (Lipinski definition) is 3. The summed E-state index contributed by atoms with van der Waals surface area (Å²) in [5.41, 5.74) is 1.85. The van der Waals surface area contributed by atoms with E-state index in [1.165, 1.54) is 25.7 Å². The molecule has 1 aromatic rings. The predicted octanol–water partition coefficient (Wildman–Crippen LogP) is 3.56. The highest BCUT2D eigenvalue weighted by Gasteiger charge is 2.15. The molecule has 92 valence electrons. The average Bonchev–Trinajstić information content (AvgIpc) is 2.67. The number of nitriles is 2. The third-order valence-electron chi connectivity index (χ3n) is 3.51. The van der Waals surface area contributed by atoms with E-state index in [0.29, 0.717) is 17.2 Å². The molecule has 0 amide bonds. The van der Waals surface area contributed by atoms with Crippen molar-refractivity contribution in [2.75, 3.05) is 5.32 Å². The molecule has 0 aromatic heterocycles. The second-order valence-electron chi connectivity index (χ2n) is 4.78. The minimum atomic E-state index is 0.397. The van der Waals surface area contributed by atoms with E-state index in [0.717, 1.165) is 18.5 Å². The normalized spacial score (nSPS) is 16.3. The molecule has 0 saturated heterocycles. The Morgan fingerprint density at radius 2 is 1.50 bits per heavy atom. The lowest BCUT2D eigenvalue weighted by Crippen LogP contribution is -2.19. The minimum absolute atomic E-state index is 0.397. The van der Waals surface area contributed by atoms with E-state index in [1.807, 2.05) is 0 Å². The first-order chi connectivity index (χ1) is 8.85. The van der Waals surface area contributed by atoms with Crippen LogP contribution in [0.15, 0.2) is 18.2 Å². The zero-order valence-electron chi connectivity index (χ0n) is 10.4. The van der Waals surface area contributed by atoms with Crippen LogP contribution in [0.5, 0.6) is 0 Å². The van der Waals surface area contributed by atoms with Gasteiger partial charge in [0.25, 0.3) is 0 Å². The molecule has 0 heterocycles. The Labute approximate surface area is 108 Å². The Hall–Kier alpha value is -2.00. The lowest BCUT2D eigenvalue weighted by atomic mass is 10.0. The molecule has 18 heavy (non-hydrogen) atoms. The van der Waals surface area contributed by atoms with Gasteiger partial charge in [-0.25, -0.2) is 0 Å². The van der Waals surface area contributed by atoms with E-state index in [9.17, 15) is 0 Å². The van der Waals surface area contributed by atoms with Crippen LogP contribution in [-0.4, -0.2) is 6.04 Å². The summed E-state index contributed by atoms with van der Waals surface area (Å²) in [6.45, 7) is 0. The molecule has 0 unspecified atom stereocenters. The molecule has 0 aliphatic heterocycles. The molecule has 0 spiro atoms. The number of hydrogen-bond donors (Lipinski definition) is 1. The monoisotopic (exact) mass is 239 g/mol. The summed E-state index contributed by atoms with van der Waals surface area (Å²) in [6, 6.07) is 10.0. The van der Waals surface area contributed by atoms with Crippen molar-refractivity contribution in [1.29, 1.82) is 10.5 Å². The van der Waals surface area contributed by atoms with Gasteiger partial charge >= 0.3 is 0 Å². The predicted molar refractivity (Wildman–Crippen MR) is 71.0 cm³/mol. The number of anilines is 1. The van der Waals surface area contributed by atoms with E-state index < -0.39 is 0 Å². The number of para-hydroxylation sites is 1. The quantitative estimate of drug-likeness (QED) is 0.803. The van der Waals surface area contributed by atoms with Gasteiger partial charge in [0.2, 0.25) is 0 Å². The van der Waals surface area contributed by atoms with Crippen molar-refractivity contribution < 1.29 is 0 Å². The molecule has 2 rings (SSSR count). The van der Waals surface area contributed by atoms with Crippen LogP contribution in [0.2, 0.25) is 0 Å². The smallest absolute Gasteiger partial charge is 0.101 e. The summed E-state index contributed by atoms with van der Waals surface area (Å²) in [4.78, 5) is 0. The molecule has 3 nitrogen and oxygen atoms in total.